The van der Waals surface area contributed by atoms with Crippen LogP contribution in [-0.2, 0) is 23.2 Å². The third-order valence-corrected chi connectivity index (χ3v) is 7.15. The number of aromatic nitrogens is 3. The third-order valence-electron chi connectivity index (χ3n) is 5.24. The number of rotatable bonds is 9. The first kappa shape index (κ1) is 25.4. The van der Waals surface area contributed by atoms with Gasteiger partial charge in [0.25, 0.3) is 0 Å². The minimum atomic E-state index is -0.520. The van der Waals surface area contributed by atoms with E-state index in [0.717, 1.165) is 11.1 Å². The summed E-state index contributed by atoms with van der Waals surface area (Å²) < 4.78 is 25.3. The molecule has 8 nitrogen and oxygen atoms in total. The lowest BCUT2D eigenvalue weighted by Gasteiger charge is -2.08. The van der Waals surface area contributed by atoms with Crippen LogP contribution >= 0.6 is 23.1 Å². The van der Waals surface area contributed by atoms with E-state index in [1.807, 2.05) is 36.6 Å². The molecule has 0 aliphatic rings. The smallest absolute Gasteiger partial charge is 0.341 e. The fourth-order valence-corrected chi connectivity index (χ4v) is 4.97. The summed E-state index contributed by atoms with van der Waals surface area (Å²) >= 11 is 2.47. The summed E-state index contributed by atoms with van der Waals surface area (Å²) in [5.41, 5.74) is 2.99. The molecule has 0 radical (unpaired) electrons. The number of ether oxygens (including phenoxy) is 2. The third kappa shape index (κ3) is 5.92. The molecule has 36 heavy (non-hydrogen) atoms. The first-order valence-corrected chi connectivity index (χ1v) is 12.7. The van der Waals surface area contributed by atoms with Crippen molar-refractivity contribution in [3.05, 3.63) is 76.7 Å². The van der Waals surface area contributed by atoms with E-state index in [0.29, 0.717) is 32.9 Å². The largest absolute Gasteiger partial charge is 0.486 e. The van der Waals surface area contributed by atoms with Crippen LogP contribution in [0.4, 0.5) is 9.39 Å². The second-order valence-electron chi connectivity index (χ2n) is 7.75. The lowest BCUT2D eigenvalue weighted by Crippen LogP contribution is -2.16. The maximum atomic E-state index is 13.0. The predicted octanol–water partition coefficient (Wildman–Crippen LogP) is 5.09. The number of hydrogen-bond donors (Lipinski definition) is 1. The molecule has 2 aromatic heterocycles. The molecule has 0 saturated carbocycles. The Morgan fingerprint density at radius 1 is 1.11 bits per heavy atom. The SMILES string of the molecule is COC(=O)c1c(-c2ccc(C)cc2)csc1NC(=O)CSc1nnc(COc2ccc(F)cc2)n1C. The molecule has 0 bridgehead atoms. The van der Waals surface area contributed by atoms with E-state index in [2.05, 4.69) is 15.5 Å². The molecule has 0 unspecified atom stereocenters. The number of carbonyl (C=O) groups is 2. The van der Waals surface area contributed by atoms with Crippen molar-refractivity contribution in [1.29, 1.82) is 0 Å². The maximum Gasteiger partial charge on any atom is 0.341 e. The maximum absolute atomic E-state index is 13.0. The van der Waals surface area contributed by atoms with Crippen molar-refractivity contribution in [2.45, 2.75) is 18.7 Å². The van der Waals surface area contributed by atoms with E-state index in [1.165, 1.54) is 54.5 Å². The summed E-state index contributed by atoms with van der Waals surface area (Å²) in [5, 5.41) is 13.8. The highest BCUT2D eigenvalue weighted by molar-refractivity contribution is 7.99. The number of benzene rings is 2. The van der Waals surface area contributed by atoms with Crippen molar-refractivity contribution in [1.82, 2.24) is 14.8 Å². The highest BCUT2D eigenvalue weighted by atomic mass is 32.2. The molecule has 0 aliphatic heterocycles. The molecule has 4 aromatic rings. The fraction of sp³-hybridized carbons (Fsp3) is 0.200. The summed E-state index contributed by atoms with van der Waals surface area (Å²) in [6.45, 7) is 2.13. The average molecular weight is 527 g/mol. The Morgan fingerprint density at radius 3 is 2.53 bits per heavy atom. The number of nitrogens with zero attached hydrogens (tertiary/aromatic N) is 3. The van der Waals surface area contributed by atoms with Gasteiger partial charge in [0.2, 0.25) is 5.91 Å². The molecule has 186 valence electrons. The summed E-state index contributed by atoms with van der Waals surface area (Å²) in [7, 11) is 3.08. The zero-order valence-corrected chi connectivity index (χ0v) is 21.4. The van der Waals surface area contributed by atoms with Crippen LogP contribution in [-0.4, -0.2) is 39.5 Å². The Hall–Kier alpha value is -3.70. The molecular weight excluding hydrogens is 503 g/mol. The number of amides is 1. The number of nitrogens with one attached hydrogen (secondary N) is 1. The van der Waals surface area contributed by atoms with Crippen molar-refractivity contribution in [3.8, 4) is 16.9 Å². The number of carbonyl (C=O) groups excluding carboxylic acids is 2. The average Bonchev–Trinajstić information content (AvgIpc) is 3.45. The van der Waals surface area contributed by atoms with Crippen molar-refractivity contribution in [2.75, 3.05) is 18.2 Å². The number of esters is 1. The van der Waals surface area contributed by atoms with Gasteiger partial charge in [-0.05, 0) is 36.8 Å². The normalized spacial score (nSPS) is 10.8. The predicted molar refractivity (Wildman–Crippen MR) is 137 cm³/mol. The summed E-state index contributed by atoms with van der Waals surface area (Å²) in [4.78, 5) is 25.2. The zero-order valence-electron chi connectivity index (χ0n) is 19.8. The Labute approximate surface area is 215 Å². The lowest BCUT2D eigenvalue weighted by molar-refractivity contribution is -0.113. The second kappa shape index (κ2) is 11.4. The first-order chi connectivity index (χ1) is 17.4. The van der Waals surface area contributed by atoms with Gasteiger partial charge >= 0.3 is 5.97 Å². The van der Waals surface area contributed by atoms with E-state index in [-0.39, 0.29) is 24.1 Å². The monoisotopic (exact) mass is 526 g/mol. The van der Waals surface area contributed by atoms with Crippen molar-refractivity contribution < 1.29 is 23.5 Å². The Bertz CT molecular complexity index is 1370. The number of thiophene rings is 1. The zero-order chi connectivity index (χ0) is 25.7. The molecule has 1 amide bonds. The summed E-state index contributed by atoms with van der Waals surface area (Å²) in [6, 6.07) is 13.5. The number of anilines is 1. The van der Waals surface area contributed by atoms with Crippen molar-refractivity contribution >= 4 is 40.0 Å². The fourth-order valence-electron chi connectivity index (χ4n) is 3.27. The van der Waals surface area contributed by atoms with Crippen LogP contribution in [0.2, 0.25) is 0 Å². The minimum Gasteiger partial charge on any atom is -0.486 e. The molecule has 2 heterocycles. The van der Waals surface area contributed by atoms with Gasteiger partial charge in [-0.2, -0.15) is 0 Å². The molecule has 1 N–H and O–H groups in total. The number of halogens is 1. The van der Waals surface area contributed by atoms with Crippen LogP contribution in [0, 0.1) is 12.7 Å². The number of thioether (sulfide) groups is 1. The van der Waals surface area contributed by atoms with Gasteiger partial charge in [-0.25, -0.2) is 9.18 Å². The number of hydrogen-bond acceptors (Lipinski definition) is 8. The molecular formula is C25H23FN4O4S2. The topological polar surface area (TPSA) is 95.3 Å². The molecule has 11 heteroatoms. The van der Waals surface area contributed by atoms with Gasteiger partial charge in [-0.3, -0.25) is 4.79 Å². The Kier molecular flexibility index (Phi) is 8.01. The van der Waals surface area contributed by atoms with Crippen molar-refractivity contribution in [2.24, 2.45) is 7.05 Å². The van der Waals surface area contributed by atoms with Crippen LogP contribution in [0.3, 0.4) is 0 Å². The van der Waals surface area contributed by atoms with E-state index in [4.69, 9.17) is 9.47 Å². The Morgan fingerprint density at radius 2 is 1.83 bits per heavy atom. The lowest BCUT2D eigenvalue weighted by atomic mass is 10.0. The quantitative estimate of drug-likeness (QED) is 0.240. The van der Waals surface area contributed by atoms with Gasteiger partial charge in [-0.1, -0.05) is 41.6 Å². The van der Waals surface area contributed by atoms with Crippen LogP contribution in [0.25, 0.3) is 11.1 Å². The van der Waals surface area contributed by atoms with E-state index < -0.39 is 5.97 Å². The highest BCUT2D eigenvalue weighted by Crippen LogP contribution is 2.36. The van der Waals surface area contributed by atoms with E-state index in [1.54, 1.807) is 11.6 Å². The van der Waals surface area contributed by atoms with Crippen LogP contribution in [0.1, 0.15) is 21.7 Å². The van der Waals surface area contributed by atoms with E-state index in [9.17, 15) is 14.0 Å². The van der Waals surface area contributed by atoms with Crippen LogP contribution < -0.4 is 10.1 Å². The second-order valence-corrected chi connectivity index (χ2v) is 9.57. The van der Waals surface area contributed by atoms with Gasteiger partial charge in [-0.15, -0.1) is 21.5 Å². The Balaban J connectivity index is 1.39. The molecule has 0 fully saturated rings. The van der Waals surface area contributed by atoms with Crippen LogP contribution in [0.5, 0.6) is 5.75 Å². The van der Waals surface area contributed by atoms with Gasteiger partial charge in [0, 0.05) is 18.0 Å². The van der Waals surface area contributed by atoms with Gasteiger partial charge in [0.15, 0.2) is 11.0 Å². The standard InChI is InChI=1S/C25H23FN4O4S2/c1-15-4-6-16(7-5-15)19-13-35-23(22(19)24(32)33-3)27-21(31)14-36-25-29-28-20(30(25)2)12-34-18-10-8-17(26)9-11-18/h4-11,13H,12,14H2,1-3H3,(H,27,31). The number of methoxy groups -OCH3 is 1. The number of aryl methyl sites for hydroxylation is 1. The first-order valence-electron chi connectivity index (χ1n) is 10.8. The van der Waals surface area contributed by atoms with Gasteiger partial charge in [0.1, 0.15) is 28.7 Å². The summed E-state index contributed by atoms with van der Waals surface area (Å²) in [5.74, 6) is -0.0380. The van der Waals surface area contributed by atoms with Gasteiger partial charge in [0.05, 0.1) is 12.9 Å². The molecule has 2 aromatic carbocycles. The minimum absolute atomic E-state index is 0.0587. The molecule has 4 rings (SSSR count). The highest BCUT2D eigenvalue weighted by Gasteiger charge is 2.22. The molecule has 0 atom stereocenters. The summed E-state index contributed by atoms with van der Waals surface area (Å²) in [6.07, 6.45) is 0. The molecule has 0 spiro atoms. The molecule has 0 saturated heterocycles. The van der Waals surface area contributed by atoms with E-state index >= 15 is 0 Å². The molecule has 0 aliphatic carbocycles. The van der Waals surface area contributed by atoms with Gasteiger partial charge < -0.3 is 19.4 Å². The van der Waals surface area contributed by atoms with Crippen molar-refractivity contribution in [3.63, 3.8) is 0 Å². The van der Waals surface area contributed by atoms with Crippen LogP contribution in [0.15, 0.2) is 59.1 Å².